The molecule has 0 bridgehead atoms. The van der Waals surface area contributed by atoms with E-state index in [1.54, 1.807) is 4.90 Å². The number of hydrogen-bond donors (Lipinski definition) is 1. The second kappa shape index (κ2) is 10.1. The number of aromatic nitrogens is 1. The Morgan fingerprint density at radius 2 is 1.75 bits per heavy atom. The second-order valence-corrected chi connectivity index (χ2v) is 10.4. The van der Waals surface area contributed by atoms with Gasteiger partial charge in [0.1, 0.15) is 6.04 Å². The molecule has 2 aliphatic rings. The first-order chi connectivity index (χ1) is 17.4. The van der Waals surface area contributed by atoms with Crippen molar-refractivity contribution in [3.8, 4) is 0 Å². The molecule has 1 unspecified atom stereocenters. The number of benzene rings is 2. The standard InChI is InChI=1S/C30H38N4O2/c1-5-32(6-2)16-9-17-33-19-27(35)34-26(30(33)36)18-24-23-10-7-8-11-25(23)31-28(24)29(34)22-14-12-21(13-15-22)20(3)4/h7-8,10-15,20,26,29,31H,5-6,9,16-19H2,1-4H3/t26-,29?/m0/s1. The van der Waals surface area contributed by atoms with Crippen molar-refractivity contribution in [2.75, 3.05) is 32.7 Å². The van der Waals surface area contributed by atoms with Crippen LogP contribution in [-0.2, 0) is 16.0 Å². The Hall–Kier alpha value is -3.12. The van der Waals surface area contributed by atoms with E-state index < -0.39 is 6.04 Å². The van der Waals surface area contributed by atoms with Crippen molar-refractivity contribution in [1.29, 1.82) is 0 Å². The minimum atomic E-state index is -0.471. The third kappa shape index (κ3) is 4.32. The molecule has 6 nitrogen and oxygen atoms in total. The van der Waals surface area contributed by atoms with Gasteiger partial charge in [-0.05, 0) is 54.7 Å². The molecule has 0 aliphatic carbocycles. The molecule has 2 atom stereocenters. The first kappa shape index (κ1) is 24.6. The summed E-state index contributed by atoms with van der Waals surface area (Å²) in [5, 5.41) is 1.15. The first-order valence-corrected chi connectivity index (χ1v) is 13.4. The van der Waals surface area contributed by atoms with Crippen LogP contribution >= 0.6 is 0 Å². The van der Waals surface area contributed by atoms with Gasteiger partial charge >= 0.3 is 0 Å². The fourth-order valence-electron chi connectivity index (χ4n) is 5.95. The molecule has 1 saturated heterocycles. The molecule has 1 fully saturated rings. The molecule has 5 rings (SSSR count). The van der Waals surface area contributed by atoms with Crippen LogP contribution in [0.4, 0.5) is 0 Å². The Morgan fingerprint density at radius 3 is 2.44 bits per heavy atom. The van der Waals surface area contributed by atoms with Crippen molar-refractivity contribution in [3.63, 3.8) is 0 Å². The molecule has 2 aromatic carbocycles. The van der Waals surface area contributed by atoms with Gasteiger partial charge in [0.25, 0.3) is 0 Å². The van der Waals surface area contributed by atoms with E-state index in [9.17, 15) is 9.59 Å². The highest BCUT2D eigenvalue weighted by atomic mass is 16.2. The van der Waals surface area contributed by atoms with Gasteiger partial charge in [-0.1, -0.05) is 70.2 Å². The molecule has 6 heteroatoms. The lowest BCUT2D eigenvalue weighted by Gasteiger charge is -2.47. The van der Waals surface area contributed by atoms with Gasteiger partial charge in [0.15, 0.2) is 0 Å². The summed E-state index contributed by atoms with van der Waals surface area (Å²) in [5.41, 5.74) is 5.58. The van der Waals surface area contributed by atoms with E-state index in [1.807, 2.05) is 17.0 Å². The van der Waals surface area contributed by atoms with E-state index in [4.69, 9.17) is 0 Å². The van der Waals surface area contributed by atoms with Gasteiger partial charge in [-0.15, -0.1) is 0 Å². The van der Waals surface area contributed by atoms with E-state index >= 15 is 0 Å². The largest absolute Gasteiger partial charge is 0.356 e. The second-order valence-electron chi connectivity index (χ2n) is 10.4. The fraction of sp³-hybridized carbons (Fsp3) is 0.467. The Labute approximate surface area is 214 Å². The lowest BCUT2D eigenvalue weighted by atomic mass is 9.85. The van der Waals surface area contributed by atoms with E-state index in [2.05, 4.69) is 74.0 Å². The molecule has 3 aromatic rings. The average Bonchev–Trinajstić information content (AvgIpc) is 3.26. The quantitative estimate of drug-likeness (QED) is 0.502. The fourth-order valence-corrected chi connectivity index (χ4v) is 5.95. The SMILES string of the molecule is CCN(CC)CCCN1CC(=O)N2C(c3ccc(C(C)C)cc3)c3[nH]c4ccccc4c3C[C@H]2C1=O. The van der Waals surface area contributed by atoms with Crippen molar-refractivity contribution in [2.45, 2.75) is 58.5 Å². The van der Waals surface area contributed by atoms with Crippen molar-refractivity contribution >= 4 is 22.7 Å². The summed E-state index contributed by atoms with van der Waals surface area (Å²) in [6, 6.07) is 16.1. The molecule has 1 aromatic heterocycles. The molecule has 0 spiro atoms. The van der Waals surface area contributed by atoms with Gasteiger partial charge in [-0.25, -0.2) is 0 Å². The number of nitrogens with one attached hydrogen (secondary N) is 1. The molecule has 2 aliphatic heterocycles. The maximum atomic E-state index is 13.8. The van der Waals surface area contributed by atoms with Gasteiger partial charge in [-0.2, -0.15) is 0 Å². The van der Waals surface area contributed by atoms with Crippen LogP contribution in [0.5, 0.6) is 0 Å². The van der Waals surface area contributed by atoms with Gasteiger partial charge in [0, 0.05) is 29.6 Å². The average molecular weight is 487 g/mol. The maximum Gasteiger partial charge on any atom is 0.246 e. The number of para-hydroxylation sites is 1. The number of amides is 2. The Balaban J connectivity index is 1.51. The predicted octanol–water partition coefficient (Wildman–Crippen LogP) is 4.71. The summed E-state index contributed by atoms with van der Waals surface area (Å²) in [6.45, 7) is 12.4. The molecule has 36 heavy (non-hydrogen) atoms. The molecule has 2 amide bonds. The number of fused-ring (bicyclic) bond motifs is 4. The van der Waals surface area contributed by atoms with E-state index in [0.29, 0.717) is 18.9 Å². The molecule has 190 valence electrons. The maximum absolute atomic E-state index is 13.8. The van der Waals surface area contributed by atoms with Gasteiger partial charge in [0.2, 0.25) is 11.8 Å². The highest BCUT2D eigenvalue weighted by molar-refractivity contribution is 5.97. The van der Waals surface area contributed by atoms with Gasteiger partial charge in [0.05, 0.1) is 12.6 Å². The predicted molar refractivity (Wildman–Crippen MR) is 144 cm³/mol. The number of carbonyl (C=O) groups excluding carboxylic acids is 2. The molecular formula is C30H38N4O2. The first-order valence-electron chi connectivity index (χ1n) is 13.4. The van der Waals surface area contributed by atoms with Crippen LogP contribution in [0.25, 0.3) is 10.9 Å². The summed E-state index contributed by atoms with van der Waals surface area (Å²) in [7, 11) is 0. The van der Waals surface area contributed by atoms with Crippen molar-refractivity contribution in [3.05, 3.63) is 70.9 Å². The third-order valence-electron chi connectivity index (χ3n) is 8.06. The number of nitrogens with zero attached hydrogens (tertiary/aromatic N) is 3. The zero-order chi connectivity index (χ0) is 25.4. The van der Waals surface area contributed by atoms with Gasteiger partial charge < -0.3 is 19.7 Å². The highest BCUT2D eigenvalue weighted by Gasteiger charge is 2.48. The number of aromatic amines is 1. The molecule has 0 saturated carbocycles. The summed E-state index contributed by atoms with van der Waals surface area (Å²) in [6.07, 6.45) is 1.43. The summed E-state index contributed by atoms with van der Waals surface area (Å²) in [4.78, 5) is 37.1. The van der Waals surface area contributed by atoms with Crippen LogP contribution in [0, 0.1) is 0 Å². The van der Waals surface area contributed by atoms with Crippen LogP contribution in [0.1, 0.15) is 68.5 Å². The van der Waals surface area contributed by atoms with E-state index in [1.165, 1.54) is 5.56 Å². The Morgan fingerprint density at radius 1 is 1.03 bits per heavy atom. The minimum Gasteiger partial charge on any atom is -0.356 e. The van der Waals surface area contributed by atoms with Crippen molar-refractivity contribution < 1.29 is 9.59 Å². The smallest absolute Gasteiger partial charge is 0.246 e. The highest BCUT2D eigenvalue weighted by Crippen LogP contribution is 2.42. The van der Waals surface area contributed by atoms with Crippen molar-refractivity contribution in [2.24, 2.45) is 0 Å². The topological polar surface area (TPSA) is 59.6 Å². The molecule has 0 radical (unpaired) electrons. The van der Waals surface area contributed by atoms with E-state index in [0.717, 1.165) is 53.8 Å². The molecule has 1 N–H and O–H groups in total. The number of hydrogen-bond acceptors (Lipinski definition) is 3. The number of piperazine rings is 1. The van der Waals surface area contributed by atoms with Crippen LogP contribution in [0.15, 0.2) is 48.5 Å². The van der Waals surface area contributed by atoms with E-state index in [-0.39, 0.29) is 24.4 Å². The zero-order valence-electron chi connectivity index (χ0n) is 22.0. The normalized spacial score (nSPS) is 19.9. The molecular weight excluding hydrogens is 448 g/mol. The Kier molecular flexibility index (Phi) is 6.89. The summed E-state index contributed by atoms with van der Waals surface area (Å²) >= 11 is 0. The van der Waals surface area contributed by atoms with Crippen LogP contribution in [-0.4, -0.2) is 70.3 Å². The summed E-state index contributed by atoms with van der Waals surface area (Å²) < 4.78 is 0. The molecule has 3 heterocycles. The Bertz CT molecular complexity index is 1240. The number of H-pyrrole nitrogens is 1. The van der Waals surface area contributed by atoms with Gasteiger partial charge in [-0.3, -0.25) is 9.59 Å². The number of rotatable bonds is 8. The van der Waals surface area contributed by atoms with Crippen LogP contribution < -0.4 is 0 Å². The minimum absolute atomic E-state index is 0.0321. The summed E-state index contributed by atoms with van der Waals surface area (Å²) in [5.74, 6) is 0.545. The lowest BCUT2D eigenvalue weighted by Crippen LogP contribution is -2.63. The van der Waals surface area contributed by atoms with Crippen LogP contribution in [0.3, 0.4) is 0 Å². The third-order valence-corrected chi connectivity index (χ3v) is 8.06. The lowest BCUT2D eigenvalue weighted by molar-refractivity contribution is -0.158. The zero-order valence-corrected chi connectivity index (χ0v) is 22.0. The van der Waals surface area contributed by atoms with Crippen molar-refractivity contribution in [1.82, 2.24) is 19.7 Å². The monoisotopic (exact) mass is 486 g/mol. The van der Waals surface area contributed by atoms with Crippen LogP contribution in [0.2, 0.25) is 0 Å². The number of carbonyl (C=O) groups is 2.